The molecule has 0 aliphatic carbocycles. The van der Waals surface area contributed by atoms with Crippen LogP contribution in [0.1, 0.15) is 24.2 Å². The van der Waals surface area contributed by atoms with E-state index in [4.69, 9.17) is 0 Å². The molecule has 8 heteroatoms. The van der Waals surface area contributed by atoms with Crippen molar-refractivity contribution in [3.8, 4) is 0 Å². The maximum absolute atomic E-state index is 13.1. The SMILES string of the molecule is Cc1nccn1CCCNC(=O)CC1C(=O)NCCN1Cc1ccc(F)cc1. The Labute approximate surface area is 163 Å². The molecule has 7 nitrogen and oxygen atoms in total. The molecule has 3 rings (SSSR count). The highest BCUT2D eigenvalue weighted by Gasteiger charge is 2.31. The van der Waals surface area contributed by atoms with Crippen molar-refractivity contribution in [2.45, 2.75) is 38.9 Å². The predicted octanol–water partition coefficient (Wildman–Crippen LogP) is 1.23. The predicted molar refractivity (Wildman–Crippen MR) is 103 cm³/mol. The summed E-state index contributed by atoms with van der Waals surface area (Å²) in [5.41, 5.74) is 0.914. The Hall–Kier alpha value is -2.74. The Morgan fingerprint density at radius 3 is 2.86 bits per heavy atom. The number of carbonyl (C=O) groups is 2. The van der Waals surface area contributed by atoms with Crippen LogP contribution in [0.25, 0.3) is 0 Å². The van der Waals surface area contributed by atoms with Crippen LogP contribution in [0.5, 0.6) is 0 Å². The molecule has 2 aromatic rings. The van der Waals surface area contributed by atoms with Gasteiger partial charge in [-0.15, -0.1) is 0 Å². The average molecular weight is 387 g/mol. The van der Waals surface area contributed by atoms with E-state index in [2.05, 4.69) is 15.6 Å². The number of hydrogen-bond donors (Lipinski definition) is 2. The lowest BCUT2D eigenvalue weighted by Crippen LogP contribution is -2.56. The molecule has 0 spiro atoms. The van der Waals surface area contributed by atoms with Crippen molar-refractivity contribution >= 4 is 11.8 Å². The van der Waals surface area contributed by atoms with Gasteiger partial charge >= 0.3 is 0 Å². The van der Waals surface area contributed by atoms with Gasteiger partial charge in [0.05, 0.1) is 12.5 Å². The first-order chi connectivity index (χ1) is 13.5. The molecule has 1 atom stereocenters. The first-order valence-electron chi connectivity index (χ1n) is 9.53. The van der Waals surface area contributed by atoms with E-state index in [1.54, 1.807) is 18.3 Å². The zero-order valence-electron chi connectivity index (χ0n) is 16.0. The zero-order chi connectivity index (χ0) is 19.9. The van der Waals surface area contributed by atoms with Crippen LogP contribution in [0.4, 0.5) is 4.39 Å². The molecule has 1 aromatic heterocycles. The minimum atomic E-state index is -0.519. The summed E-state index contributed by atoms with van der Waals surface area (Å²) in [4.78, 5) is 30.8. The second kappa shape index (κ2) is 9.45. The number of amides is 2. The van der Waals surface area contributed by atoms with Crippen LogP contribution in [0.2, 0.25) is 0 Å². The summed E-state index contributed by atoms with van der Waals surface area (Å²) in [6.07, 6.45) is 4.57. The third kappa shape index (κ3) is 5.39. The van der Waals surface area contributed by atoms with E-state index in [0.29, 0.717) is 26.2 Å². The van der Waals surface area contributed by atoms with Crippen molar-refractivity contribution in [1.82, 2.24) is 25.1 Å². The van der Waals surface area contributed by atoms with Gasteiger partial charge in [-0.05, 0) is 31.0 Å². The number of nitrogens with one attached hydrogen (secondary N) is 2. The topological polar surface area (TPSA) is 79.3 Å². The molecule has 150 valence electrons. The van der Waals surface area contributed by atoms with E-state index in [9.17, 15) is 14.0 Å². The Bertz CT molecular complexity index is 805. The Morgan fingerprint density at radius 1 is 1.36 bits per heavy atom. The van der Waals surface area contributed by atoms with E-state index in [1.165, 1.54) is 12.1 Å². The summed E-state index contributed by atoms with van der Waals surface area (Å²) >= 11 is 0. The quantitative estimate of drug-likeness (QED) is 0.668. The van der Waals surface area contributed by atoms with Crippen molar-refractivity contribution in [3.63, 3.8) is 0 Å². The van der Waals surface area contributed by atoms with E-state index in [0.717, 1.165) is 24.4 Å². The van der Waals surface area contributed by atoms with Crippen molar-refractivity contribution in [1.29, 1.82) is 0 Å². The summed E-state index contributed by atoms with van der Waals surface area (Å²) < 4.78 is 15.1. The van der Waals surface area contributed by atoms with Gasteiger partial charge in [-0.2, -0.15) is 0 Å². The van der Waals surface area contributed by atoms with Gasteiger partial charge in [0.15, 0.2) is 0 Å². The minimum absolute atomic E-state index is 0.108. The fraction of sp³-hybridized carbons (Fsp3) is 0.450. The van der Waals surface area contributed by atoms with Crippen LogP contribution in [0, 0.1) is 12.7 Å². The molecule has 1 unspecified atom stereocenters. The number of nitrogens with zero attached hydrogens (tertiary/aromatic N) is 3. The number of aryl methyl sites for hydroxylation is 2. The lowest BCUT2D eigenvalue weighted by molar-refractivity contribution is -0.134. The number of halogens is 1. The summed E-state index contributed by atoms with van der Waals surface area (Å²) in [6, 6.07) is 5.70. The smallest absolute Gasteiger partial charge is 0.237 e. The largest absolute Gasteiger partial charge is 0.356 e. The van der Waals surface area contributed by atoms with Crippen LogP contribution in [0.3, 0.4) is 0 Å². The molecule has 2 N–H and O–H groups in total. The van der Waals surface area contributed by atoms with E-state index in [1.807, 2.05) is 22.6 Å². The number of hydrogen-bond acceptors (Lipinski definition) is 4. The van der Waals surface area contributed by atoms with Gasteiger partial charge < -0.3 is 15.2 Å². The molecule has 2 amide bonds. The standard InChI is InChI=1S/C20H26FN5O2/c1-15-22-8-11-25(15)10-2-7-23-19(27)13-18-20(28)24-9-12-26(18)14-16-3-5-17(21)6-4-16/h3-6,8,11,18H,2,7,9-10,12-14H2,1H3,(H,23,27)(H,24,28). The highest BCUT2D eigenvalue weighted by molar-refractivity contribution is 5.88. The fourth-order valence-electron chi connectivity index (χ4n) is 3.36. The van der Waals surface area contributed by atoms with E-state index in [-0.39, 0.29) is 24.1 Å². The molecule has 2 heterocycles. The number of piperazine rings is 1. The zero-order valence-corrected chi connectivity index (χ0v) is 16.0. The maximum Gasteiger partial charge on any atom is 0.237 e. The van der Waals surface area contributed by atoms with Crippen LogP contribution >= 0.6 is 0 Å². The van der Waals surface area contributed by atoms with Gasteiger partial charge in [-0.1, -0.05) is 12.1 Å². The second-order valence-corrected chi connectivity index (χ2v) is 6.98. The Morgan fingerprint density at radius 2 is 2.14 bits per heavy atom. The van der Waals surface area contributed by atoms with E-state index >= 15 is 0 Å². The molecule has 1 aliphatic heterocycles. The number of carbonyl (C=O) groups excluding carboxylic acids is 2. The monoisotopic (exact) mass is 387 g/mol. The van der Waals surface area contributed by atoms with E-state index < -0.39 is 6.04 Å². The normalized spacial score (nSPS) is 17.4. The van der Waals surface area contributed by atoms with Crippen molar-refractivity contribution in [3.05, 3.63) is 53.9 Å². The highest BCUT2D eigenvalue weighted by atomic mass is 19.1. The van der Waals surface area contributed by atoms with Crippen molar-refractivity contribution < 1.29 is 14.0 Å². The Balaban J connectivity index is 1.49. The Kier molecular flexibility index (Phi) is 6.76. The lowest BCUT2D eigenvalue weighted by Gasteiger charge is -2.34. The summed E-state index contributed by atoms with van der Waals surface area (Å²) in [7, 11) is 0. The molecule has 1 saturated heterocycles. The summed E-state index contributed by atoms with van der Waals surface area (Å²) in [5, 5.41) is 5.72. The summed E-state index contributed by atoms with van der Waals surface area (Å²) in [6.45, 7) is 4.97. The number of aromatic nitrogens is 2. The van der Waals surface area contributed by atoms with Gasteiger partial charge in [-0.25, -0.2) is 9.37 Å². The molecule has 1 fully saturated rings. The highest BCUT2D eigenvalue weighted by Crippen LogP contribution is 2.14. The summed E-state index contributed by atoms with van der Waals surface area (Å²) in [5.74, 6) is 0.370. The van der Waals surface area contributed by atoms with Crippen LogP contribution < -0.4 is 10.6 Å². The van der Waals surface area contributed by atoms with Crippen molar-refractivity contribution in [2.75, 3.05) is 19.6 Å². The molecule has 28 heavy (non-hydrogen) atoms. The molecule has 0 radical (unpaired) electrons. The van der Waals surface area contributed by atoms with Crippen molar-refractivity contribution in [2.24, 2.45) is 0 Å². The van der Waals surface area contributed by atoms with Gasteiger partial charge in [0.2, 0.25) is 11.8 Å². The first kappa shape index (κ1) is 20.0. The third-order valence-corrected chi connectivity index (χ3v) is 4.94. The second-order valence-electron chi connectivity index (χ2n) is 6.98. The molecular weight excluding hydrogens is 361 g/mol. The van der Waals surface area contributed by atoms with Gasteiger partial charge in [-0.3, -0.25) is 14.5 Å². The third-order valence-electron chi connectivity index (χ3n) is 4.94. The molecule has 0 bridgehead atoms. The van der Waals surface area contributed by atoms with Crippen LogP contribution in [-0.2, 0) is 22.7 Å². The van der Waals surface area contributed by atoms with Gasteiger partial charge in [0.1, 0.15) is 11.6 Å². The minimum Gasteiger partial charge on any atom is -0.356 e. The number of rotatable bonds is 8. The van der Waals surface area contributed by atoms with Crippen LogP contribution in [0.15, 0.2) is 36.7 Å². The number of benzene rings is 1. The number of imidazole rings is 1. The molecular formula is C20H26FN5O2. The first-order valence-corrected chi connectivity index (χ1v) is 9.53. The fourth-order valence-corrected chi connectivity index (χ4v) is 3.36. The average Bonchev–Trinajstić information content (AvgIpc) is 3.08. The van der Waals surface area contributed by atoms with Gasteiger partial charge in [0, 0.05) is 45.1 Å². The van der Waals surface area contributed by atoms with Gasteiger partial charge in [0.25, 0.3) is 0 Å². The molecule has 0 saturated carbocycles. The molecule has 1 aromatic carbocycles. The maximum atomic E-state index is 13.1. The van der Waals surface area contributed by atoms with Crippen LogP contribution in [-0.4, -0.2) is 51.9 Å². The lowest BCUT2D eigenvalue weighted by atomic mass is 10.1. The molecule has 1 aliphatic rings.